The molecule has 1 aliphatic carbocycles. The lowest BCUT2D eigenvalue weighted by Crippen LogP contribution is -2.52. The maximum atomic E-state index is 12.8. The third-order valence-electron chi connectivity index (χ3n) is 7.73. The van der Waals surface area contributed by atoms with Crippen LogP contribution in [0.5, 0.6) is 11.5 Å². The van der Waals surface area contributed by atoms with Gasteiger partial charge in [0.25, 0.3) is 5.91 Å². The molecule has 0 spiro atoms. The van der Waals surface area contributed by atoms with Crippen molar-refractivity contribution in [1.82, 2.24) is 0 Å². The molecule has 0 radical (unpaired) electrons. The van der Waals surface area contributed by atoms with Crippen molar-refractivity contribution in [2.24, 2.45) is 11.8 Å². The number of hydrogen-bond donors (Lipinski definition) is 3. The summed E-state index contributed by atoms with van der Waals surface area (Å²) in [5, 5.41) is 26.1. The number of aliphatic hydroxyl groups is 1. The standard InChI is InChI=1S/C27H31NO6/c1-25(2)18-14-19(18)26(3,34-25)13-12-15-6-11-20-21(22(15)29)27(31,23(33-5)24(30)28-20)16-7-9-17(32-4)10-8-16/h6-13,18-19,23,29,31H,14H2,1-5H3,(H,28,30)/b13-12+/t18-,19?,23-,26+,27+/m0/s1. The molecule has 0 aromatic heterocycles. The molecule has 2 aliphatic heterocycles. The topological polar surface area (TPSA) is 97.3 Å². The van der Waals surface area contributed by atoms with Gasteiger partial charge in [-0.3, -0.25) is 4.79 Å². The van der Waals surface area contributed by atoms with E-state index in [2.05, 4.69) is 26.1 Å². The van der Waals surface area contributed by atoms with Crippen LogP contribution in [0, 0.1) is 11.8 Å². The van der Waals surface area contributed by atoms with Gasteiger partial charge in [-0.1, -0.05) is 24.3 Å². The first kappa shape index (κ1) is 22.9. The first-order valence-corrected chi connectivity index (χ1v) is 11.5. The molecule has 1 saturated heterocycles. The number of amides is 1. The second-order valence-corrected chi connectivity index (χ2v) is 10.2. The third-order valence-corrected chi connectivity index (χ3v) is 7.73. The van der Waals surface area contributed by atoms with Crippen molar-refractivity contribution in [3.63, 3.8) is 0 Å². The summed E-state index contributed by atoms with van der Waals surface area (Å²) in [6.07, 6.45) is 3.69. The molecule has 7 nitrogen and oxygen atoms in total. The first-order valence-electron chi connectivity index (χ1n) is 11.5. The van der Waals surface area contributed by atoms with Crippen molar-refractivity contribution >= 4 is 17.7 Å². The van der Waals surface area contributed by atoms with Crippen LogP contribution in [0.1, 0.15) is 43.9 Å². The van der Waals surface area contributed by atoms with Crippen LogP contribution >= 0.6 is 0 Å². The Morgan fingerprint density at radius 3 is 2.35 bits per heavy atom. The Labute approximate surface area is 199 Å². The van der Waals surface area contributed by atoms with Crippen molar-refractivity contribution in [3.05, 3.63) is 59.2 Å². The number of methoxy groups -OCH3 is 2. The molecule has 7 heteroatoms. The molecule has 3 aliphatic rings. The molecule has 2 heterocycles. The predicted octanol–water partition coefficient (Wildman–Crippen LogP) is 3.82. The predicted molar refractivity (Wildman–Crippen MR) is 128 cm³/mol. The quantitative estimate of drug-likeness (QED) is 0.621. The molecule has 5 atom stereocenters. The summed E-state index contributed by atoms with van der Waals surface area (Å²) in [7, 11) is 2.91. The average Bonchev–Trinajstić information content (AvgIpc) is 3.58. The molecule has 2 aromatic rings. The summed E-state index contributed by atoms with van der Waals surface area (Å²) in [6, 6.07) is 10.1. The number of phenolic OH excluding ortho intramolecular Hbond substituents is 1. The molecular weight excluding hydrogens is 434 g/mol. The Morgan fingerprint density at radius 1 is 1.09 bits per heavy atom. The van der Waals surface area contributed by atoms with E-state index in [4.69, 9.17) is 14.2 Å². The molecule has 1 saturated carbocycles. The number of carbonyl (C=O) groups is 1. The number of ether oxygens (including phenoxy) is 3. The van der Waals surface area contributed by atoms with Crippen molar-refractivity contribution in [1.29, 1.82) is 0 Å². The van der Waals surface area contributed by atoms with Gasteiger partial charge in [-0.2, -0.15) is 0 Å². The van der Waals surface area contributed by atoms with Crippen LogP contribution in [0.15, 0.2) is 42.5 Å². The normalized spacial score (nSPS) is 33.4. The number of phenols is 1. The Hall–Kier alpha value is -2.87. The first-order chi connectivity index (χ1) is 16.0. The van der Waals surface area contributed by atoms with Crippen LogP contribution in [0.3, 0.4) is 0 Å². The minimum absolute atomic E-state index is 0.123. The minimum atomic E-state index is -1.91. The number of aromatic hydroxyl groups is 1. The number of carbonyl (C=O) groups excluding carboxylic acids is 1. The van der Waals surface area contributed by atoms with E-state index in [0.717, 1.165) is 6.42 Å². The van der Waals surface area contributed by atoms with Crippen molar-refractivity contribution in [3.8, 4) is 11.5 Å². The zero-order valence-electron chi connectivity index (χ0n) is 20.1. The summed E-state index contributed by atoms with van der Waals surface area (Å²) >= 11 is 0. The van der Waals surface area contributed by atoms with E-state index < -0.39 is 23.2 Å². The molecule has 1 unspecified atom stereocenters. The van der Waals surface area contributed by atoms with Gasteiger partial charge >= 0.3 is 0 Å². The van der Waals surface area contributed by atoms with Gasteiger partial charge in [0, 0.05) is 12.7 Å². The summed E-state index contributed by atoms with van der Waals surface area (Å²) in [5.41, 5.74) is -1.07. The molecule has 34 heavy (non-hydrogen) atoms. The molecule has 5 rings (SSSR count). The van der Waals surface area contributed by atoms with Gasteiger partial charge in [0.15, 0.2) is 11.7 Å². The lowest BCUT2D eigenvalue weighted by atomic mass is 9.76. The van der Waals surface area contributed by atoms with E-state index in [0.29, 0.717) is 34.4 Å². The van der Waals surface area contributed by atoms with E-state index in [1.807, 2.05) is 12.2 Å². The van der Waals surface area contributed by atoms with Crippen LogP contribution in [-0.4, -0.2) is 47.6 Å². The lowest BCUT2D eigenvalue weighted by molar-refractivity contribution is -0.142. The van der Waals surface area contributed by atoms with E-state index in [9.17, 15) is 15.0 Å². The van der Waals surface area contributed by atoms with Crippen LogP contribution in [-0.2, 0) is 19.9 Å². The fourth-order valence-corrected chi connectivity index (χ4v) is 5.90. The zero-order chi connectivity index (χ0) is 24.5. The van der Waals surface area contributed by atoms with Crippen LogP contribution in [0.2, 0.25) is 0 Å². The Balaban J connectivity index is 1.60. The largest absolute Gasteiger partial charge is 0.507 e. The second-order valence-electron chi connectivity index (χ2n) is 10.2. The number of nitrogens with one attached hydrogen (secondary N) is 1. The highest BCUT2D eigenvalue weighted by Gasteiger charge is 2.64. The Bertz CT molecular complexity index is 1170. The van der Waals surface area contributed by atoms with Gasteiger partial charge < -0.3 is 29.7 Å². The zero-order valence-corrected chi connectivity index (χ0v) is 20.1. The van der Waals surface area contributed by atoms with Gasteiger partial charge in [-0.15, -0.1) is 0 Å². The lowest BCUT2D eigenvalue weighted by Gasteiger charge is -2.40. The number of hydrogen-bond acceptors (Lipinski definition) is 6. The SMILES string of the molecule is COc1ccc([C@@]2(O)c3c(ccc(/C=C/[C@@]4(C)OC(C)(C)[C@H]5CC54)c3O)NC(=O)[C@@H]2OC)cc1. The highest BCUT2D eigenvalue weighted by atomic mass is 16.5. The average molecular weight is 466 g/mol. The molecule has 2 fully saturated rings. The Morgan fingerprint density at radius 2 is 1.79 bits per heavy atom. The molecule has 2 aromatic carbocycles. The van der Waals surface area contributed by atoms with E-state index in [1.165, 1.54) is 7.11 Å². The van der Waals surface area contributed by atoms with Crippen molar-refractivity contribution in [2.75, 3.05) is 19.5 Å². The maximum Gasteiger partial charge on any atom is 0.257 e. The van der Waals surface area contributed by atoms with Gasteiger partial charge in [0.1, 0.15) is 11.5 Å². The van der Waals surface area contributed by atoms with Crippen LogP contribution < -0.4 is 10.1 Å². The fourth-order valence-electron chi connectivity index (χ4n) is 5.90. The molecular formula is C27H31NO6. The fraction of sp³-hybridized carbons (Fsp3) is 0.444. The molecule has 180 valence electrons. The van der Waals surface area contributed by atoms with Gasteiger partial charge in [0.2, 0.25) is 0 Å². The third kappa shape index (κ3) is 3.26. The number of fused-ring (bicyclic) bond motifs is 2. The number of rotatable bonds is 5. The number of anilines is 1. The highest BCUT2D eigenvalue weighted by molar-refractivity contribution is 6.00. The van der Waals surface area contributed by atoms with Crippen LogP contribution in [0.25, 0.3) is 6.08 Å². The van der Waals surface area contributed by atoms with Crippen molar-refractivity contribution in [2.45, 2.75) is 50.1 Å². The minimum Gasteiger partial charge on any atom is -0.507 e. The highest BCUT2D eigenvalue weighted by Crippen LogP contribution is 2.62. The summed E-state index contributed by atoms with van der Waals surface area (Å²) in [6.45, 7) is 6.32. The Kier molecular flexibility index (Phi) is 5.10. The van der Waals surface area contributed by atoms with Crippen molar-refractivity contribution < 1.29 is 29.2 Å². The molecule has 3 N–H and O–H groups in total. The summed E-state index contributed by atoms with van der Waals surface area (Å²) in [5.74, 6) is 0.977. The maximum absolute atomic E-state index is 12.8. The smallest absolute Gasteiger partial charge is 0.257 e. The molecule has 1 amide bonds. The van der Waals surface area contributed by atoms with Gasteiger partial charge in [-0.05, 0) is 68.9 Å². The monoisotopic (exact) mass is 465 g/mol. The van der Waals surface area contributed by atoms with Gasteiger partial charge in [-0.25, -0.2) is 0 Å². The summed E-state index contributed by atoms with van der Waals surface area (Å²) in [4.78, 5) is 12.8. The van der Waals surface area contributed by atoms with Crippen LogP contribution in [0.4, 0.5) is 5.69 Å². The van der Waals surface area contributed by atoms with E-state index in [-0.39, 0.29) is 16.9 Å². The number of benzene rings is 2. The molecule has 0 bridgehead atoms. The van der Waals surface area contributed by atoms with Gasteiger partial charge in [0.05, 0.1) is 29.6 Å². The second kappa shape index (κ2) is 7.57. The van der Waals surface area contributed by atoms with E-state index in [1.54, 1.807) is 43.5 Å². The van der Waals surface area contributed by atoms with E-state index >= 15 is 0 Å². The summed E-state index contributed by atoms with van der Waals surface area (Å²) < 4.78 is 17.0.